The summed E-state index contributed by atoms with van der Waals surface area (Å²) in [4.78, 5) is 13.8. The highest BCUT2D eigenvalue weighted by molar-refractivity contribution is 5.81. The molecule has 1 aromatic carbocycles. The first-order chi connectivity index (χ1) is 9.56. The van der Waals surface area contributed by atoms with Crippen LogP contribution in [0.1, 0.15) is 25.1 Å². The number of hydrogen-bond donors (Lipinski definition) is 1. The molecule has 3 rings (SSSR count). The maximum absolute atomic E-state index is 12.1. The first-order valence-electron chi connectivity index (χ1n) is 6.65. The minimum Gasteiger partial charge on any atom is -0.435 e. The highest BCUT2D eigenvalue weighted by atomic mass is 19.3. The molecule has 0 aromatic heterocycles. The Morgan fingerprint density at radius 2 is 2.00 bits per heavy atom. The minimum atomic E-state index is -2.82. The normalized spacial score (nSPS) is 29.1. The molecule has 0 radical (unpaired) electrons. The molecular weight excluding hydrogens is 266 g/mol. The number of rotatable bonds is 4. The van der Waals surface area contributed by atoms with Gasteiger partial charge in [0, 0.05) is 6.04 Å². The molecule has 2 aliphatic rings. The summed E-state index contributed by atoms with van der Waals surface area (Å²) in [6, 6.07) is 6.72. The van der Waals surface area contributed by atoms with Gasteiger partial charge in [0.25, 0.3) is 0 Å². The number of alkyl halides is 2. The Labute approximate surface area is 115 Å². The summed E-state index contributed by atoms with van der Waals surface area (Å²) in [5.74, 6) is 0.750. The van der Waals surface area contributed by atoms with Crippen LogP contribution in [-0.2, 0) is 4.79 Å². The van der Waals surface area contributed by atoms with Crippen molar-refractivity contribution in [3.63, 3.8) is 0 Å². The van der Waals surface area contributed by atoms with Gasteiger partial charge in [0.2, 0.25) is 5.91 Å². The number of ether oxygens (including phenoxy) is 1. The Morgan fingerprint density at radius 3 is 2.55 bits per heavy atom. The molecule has 1 aromatic rings. The maximum atomic E-state index is 12.1. The van der Waals surface area contributed by atoms with Crippen LogP contribution >= 0.6 is 0 Å². The van der Waals surface area contributed by atoms with Gasteiger partial charge in [-0.2, -0.15) is 8.78 Å². The molecule has 0 spiro atoms. The molecule has 0 bridgehead atoms. The third kappa shape index (κ3) is 2.47. The van der Waals surface area contributed by atoms with E-state index >= 15 is 0 Å². The Morgan fingerprint density at radius 1 is 1.35 bits per heavy atom. The van der Waals surface area contributed by atoms with Crippen molar-refractivity contribution in [1.82, 2.24) is 10.2 Å². The topological polar surface area (TPSA) is 41.6 Å². The van der Waals surface area contributed by atoms with Crippen LogP contribution in [0, 0.1) is 5.92 Å². The van der Waals surface area contributed by atoms with Crippen LogP contribution in [0.15, 0.2) is 24.3 Å². The highest BCUT2D eigenvalue weighted by Gasteiger charge is 2.46. The number of nitrogens with zero attached hydrogens (tertiary/aromatic N) is 1. The standard InChI is InChI=1S/C14H16F2N2O2/c1-8-6-11(8)18-12(19)7-17-13(18)9-2-4-10(5-3-9)20-14(15)16/h2-5,8,11,13-14,17H,6-7H2,1H3. The van der Waals surface area contributed by atoms with Crippen molar-refractivity contribution in [3.05, 3.63) is 29.8 Å². The summed E-state index contributed by atoms with van der Waals surface area (Å²) in [7, 11) is 0. The average Bonchev–Trinajstić information content (AvgIpc) is 2.98. The first-order valence-corrected chi connectivity index (χ1v) is 6.65. The predicted molar refractivity (Wildman–Crippen MR) is 68.2 cm³/mol. The summed E-state index contributed by atoms with van der Waals surface area (Å²) in [5.41, 5.74) is 0.886. The number of nitrogens with one attached hydrogen (secondary N) is 1. The van der Waals surface area contributed by atoms with E-state index in [0.29, 0.717) is 18.5 Å². The predicted octanol–water partition coefficient (Wildman–Crippen LogP) is 2.13. The van der Waals surface area contributed by atoms with E-state index in [2.05, 4.69) is 17.0 Å². The minimum absolute atomic E-state index is 0.0947. The van der Waals surface area contributed by atoms with Crippen molar-refractivity contribution in [2.75, 3.05) is 6.54 Å². The Kier molecular flexibility index (Phi) is 3.33. The molecule has 1 aliphatic heterocycles. The van der Waals surface area contributed by atoms with Crippen LogP contribution in [0.4, 0.5) is 8.78 Å². The highest BCUT2D eigenvalue weighted by Crippen LogP contribution is 2.40. The van der Waals surface area contributed by atoms with Crippen LogP contribution in [0.3, 0.4) is 0 Å². The second kappa shape index (κ2) is 5.01. The van der Waals surface area contributed by atoms with E-state index in [1.165, 1.54) is 12.1 Å². The average molecular weight is 282 g/mol. The van der Waals surface area contributed by atoms with Crippen molar-refractivity contribution < 1.29 is 18.3 Å². The summed E-state index contributed by atoms with van der Waals surface area (Å²) in [6.45, 7) is -0.383. The van der Waals surface area contributed by atoms with E-state index in [0.717, 1.165) is 12.0 Å². The quantitative estimate of drug-likeness (QED) is 0.920. The van der Waals surface area contributed by atoms with Gasteiger partial charge in [0.15, 0.2) is 0 Å². The number of benzene rings is 1. The molecule has 3 atom stereocenters. The largest absolute Gasteiger partial charge is 0.435 e. The lowest BCUT2D eigenvalue weighted by Crippen LogP contribution is -2.33. The van der Waals surface area contributed by atoms with Gasteiger partial charge in [-0.15, -0.1) is 0 Å². The smallest absolute Gasteiger partial charge is 0.387 e. The zero-order chi connectivity index (χ0) is 14.3. The molecule has 1 saturated heterocycles. The lowest BCUT2D eigenvalue weighted by Gasteiger charge is -2.25. The molecule has 20 heavy (non-hydrogen) atoms. The number of carbonyl (C=O) groups is 1. The molecular formula is C14H16F2N2O2. The molecule has 6 heteroatoms. The molecule has 1 aliphatic carbocycles. The fourth-order valence-corrected chi connectivity index (χ4v) is 2.69. The summed E-state index contributed by atoms with van der Waals surface area (Å²) >= 11 is 0. The Hall–Kier alpha value is -1.69. The summed E-state index contributed by atoms with van der Waals surface area (Å²) in [5, 5.41) is 3.16. The van der Waals surface area contributed by atoms with Crippen LogP contribution in [0.25, 0.3) is 0 Å². The Balaban J connectivity index is 1.76. The lowest BCUT2D eigenvalue weighted by atomic mass is 10.1. The van der Waals surface area contributed by atoms with Crippen LogP contribution in [-0.4, -0.2) is 30.0 Å². The van der Waals surface area contributed by atoms with Gasteiger partial charge in [-0.1, -0.05) is 19.1 Å². The fourth-order valence-electron chi connectivity index (χ4n) is 2.69. The Bertz CT molecular complexity index is 506. The molecule has 2 fully saturated rings. The van der Waals surface area contributed by atoms with Crippen molar-refractivity contribution in [1.29, 1.82) is 0 Å². The van der Waals surface area contributed by atoms with Crippen molar-refractivity contribution in [2.24, 2.45) is 5.92 Å². The van der Waals surface area contributed by atoms with E-state index in [1.54, 1.807) is 12.1 Å². The van der Waals surface area contributed by atoms with Crippen LogP contribution < -0.4 is 10.1 Å². The molecule has 108 valence electrons. The van der Waals surface area contributed by atoms with Gasteiger partial charge < -0.3 is 9.64 Å². The van der Waals surface area contributed by atoms with Gasteiger partial charge in [-0.05, 0) is 30.0 Å². The number of carbonyl (C=O) groups excluding carboxylic acids is 1. The second-order valence-corrected chi connectivity index (χ2v) is 5.31. The monoisotopic (exact) mass is 282 g/mol. The second-order valence-electron chi connectivity index (χ2n) is 5.31. The van der Waals surface area contributed by atoms with Crippen molar-refractivity contribution in [2.45, 2.75) is 32.2 Å². The van der Waals surface area contributed by atoms with Crippen LogP contribution in [0.2, 0.25) is 0 Å². The zero-order valence-corrected chi connectivity index (χ0v) is 11.1. The molecule has 3 unspecified atom stereocenters. The molecule has 1 heterocycles. The molecule has 4 nitrogen and oxygen atoms in total. The van der Waals surface area contributed by atoms with Gasteiger partial charge in [0.05, 0.1) is 6.54 Å². The maximum Gasteiger partial charge on any atom is 0.387 e. The number of amides is 1. The van der Waals surface area contributed by atoms with E-state index in [1.807, 2.05) is 4.90 Å². The van der Waals surface area contributed by atoms with Crippen LogP contribution in [0.5, 0.6) is 5.75 Å². The summed E-state index contributed by atoms with van der Waals surface area (Å²) < 4.78 is 28.5. The van der Waals surface area contributed by atoms with Crippen molar-refractivity contribution >= 4 is 5.91 Å². The van der Waals surface area contributed by atoms with Gasteiger partial charge in [-0.3, -0.25) is 10.1 Å². The van der Waals surface area contributed by atoms with E-state index < -0.39 is 6.61 Å². The molecule has 1 amide bonds. The third-order valence-electron chi connectivity index (χ3n) is 3.86. The van der Waals surface area contributed by atoms with Gasteiger partial charge >= 0.3 is 6.61 Å². The fraction of sp³-hybridized carbons (Fsp3) is 0.500. The molecule has 1 N–H and O–H groups in total. The van der Waals surface area contributed by atoms with E-state index in [-0.39, 0.29) is 17.8 Å². The lowest BCUT2D eigenvalue weighted by molar-refractivity contribution is -0.128. The first kappa shape index (κ1) is 13.3. The number of halogens is 2. The zero-order valence-electron chi connectivity index (χ0n) is 11.1. The third-order valence-corrected chi connectivity index (χ3v) is 3.86. The van der Waals surface area contributed by atoms with E-state index in [4.69, 9.17) is 0 Å². The van der Waals surface area contributed by atoms with Crippen molar-refractivity contribution in [3.8, 4) is 5.75 Å². The van der Waals surface area contributed by atoms with Gasteiger partial charge in [-0.25, -0.2) is 0 Å². The number of hydrogen-bond acceptors (Lipinski definition) is 3. The SMILES string of the molecule is CC1CC1N1C(=O)CNC1c1ccc(OC(F)F)cc1. The van der Waals surface area contributed by atoms with Gasteiger partial charge in [0.1, 0.15) is 11.9 Å². The molecule has 1 saturated carbocycles. The summed E-state index contributed by atoms with van der Waals surface area (Å²) in [6.07, 6.45) is 0.856. The van der Waals surface area contributed by atoms with E-state index in [9.17, 15) is 13.6 Å².